The molecule has 0 aliphatic rings. The van der Waals surface area contributed by atoms with Crippen molar-refractivity contribution in [2.45, 2.75) is 45.8 Å². The van der Waals surface area contributed by atoms with Gasteiger partial charge in [-0.1, -0.05) is 0 Å². The summed E-state index contributed by atoms with van der Waals surface area (Å²) in [5, 5.41) is 7.58. The lowest BCUT2D eigenvalue weighted by Crippen LogP contribution is -2.35. The molecule has 1 N–H and O–H groups in total. The van der Waals surface area contributed by atoms with Gasteiger partial charge < -0.3 is 5.32 Å². The molecule has 18 heavy (non-hydrogen) atoms. The molecule has 1 aromatic heterocycles. The van der Waals surface area contributed by atoms with Gasteiger partial charge in [0.1, 0.15) is 16.2 Å². The maximum absolute atomic E-state index is 11.0. The van der Waals surface area contributed by atoms with Gasteiger partial charge in [-0.2, -0.15) is 5.10 Å². The summed E-state index contributed by atoms with van der Waals surface area (Å²) in [6.45, 7) is 7.43. The minimum Gasteiger partial charge on any atom is -0.305 e. The lowest BCUT2D eigenvalue weighted by molar-refractivity contribution is 0.416. The summed E-state index contributed by atoms with van der Waals surface area (Å²) in [6, 6.07) is 0. The smallest absolute Gasteiger partial charge is 0.164 e. The molecule has 1 aromatic rings. The van der Waals surface area contributed by atoms with Gasteiger partial charge in [-0.25, -0.2) is 13.4 Å². The van der Waals surface area contributed by atoms with Gasteiger partial charge in [0.2, 0.25) is 0 Å². The van der Waals surface area contributed by atoms with Gasteiger partial charge in [-0.3, -0.25) is 4.68 Å². The molecule has 6 nitrogen and oxygen atoms in total. The second-order valence-electron chi connectivity index (χ2n) is 5.51. The molecule has 0 fully saturated rings. The highest BCUT2D eigenvalue weighted by atomic mass is 32.2. The predicted octanol–water partition coefficient (Wildman–Crippen LogP) is 0.601. The molecule has 0 saturated carbocycles. The lowest BCUT2D eigenvalue weighted by Gasteiger charge is -2.19. The van der Waals surface area contributed by atoms with Crippen LogP contribution in [0.4, 0.5) is 0 Å². The summed E-state index contributed by atoms with van der Waals surface area (Å²) in [6.07, 6.45) is 3.45. The summed E-state index contributed by atoms with van der Waals surface area (Å²) in [7, 11) is -2.89. The van der Waals surface area contributed by atoms with Crippen molar-refractivity contribution in [3.05, 3.63) is 12.2 Å². The van der Waals surface area contributed by atoms with Crippen LogP contribution in [-0.2, 0) is 22.9 Å². The monoisotopic (exact) mass is 274 g/mol. The van der Waals surface area contributed by atoms with E-state index in [1.54, 1.807) is 11.0 Å². The predicted molar refractivity (Wildman–Crippen MR) is 70.9 cm³/mol. The molecule has 0 aromatic carbocycles. The molecular formula is C11H22N4O2S. The summed E-state index contributed by atoms with van der Waals surface area (Å²) in [5.74, 6) is 0.909. The first-order chi connectivity index (χ1) is 8.16. The zero-order chi connectivity index (χ0) is 13.8. The fraction of sp³-hybridized carbons (Fsp3) is 0.818. The topological polar surface area (TPSA) is 76.9 Å². The number of rotatable bonds is 6. The minimum atomic E-state index is -2.89. The van der Waals surface area contributed by atoms with Crippen LogP contribution < -0.4 is 5.32 Å². The van der Waals surface area contributed by atoms with E-state index in [0.717, 1.165) is 5.82 Å². The Morgan fingerprint density at radius 3 is 2.61 bits per heavy atom. The number of aryl methyl sites for hydroxylation is 1. The molecule has 0 radical (unpaired) electrons. The van der Waals surface area contributed by atoms with E-state index in [-0.39, 0.29) is 11.3 Å². The molecular weight excluding hydrogens is 252 g/mol. The van der Waals surface area contributed by atoms with Gasteiger partial charge in [0.15, 0.2) is 5.82 Å². The summed E-state index contributed by atoms with van der Waals surface area (Å²) < 4.78 is 23.7. The maximum atomic E-state index is 11.0. The molecule has 0 unspecified atom stereocenters. The Morgan fingerprint density at radius 1 is 1.39 bits per heavy atom. The van der Waals surface area contributed by atoms with Crippen LogP contribution >= 0.6 is 0 Å². The summed E-state index contributed by atoms with van der Waals surface area (Å²) in [4.78, 5) is 4.17. The number of aromatic nitrogens is 3. The Balaban J connectivity index is 2.39. The van der Waals surface area contributed by atoms with Gasteiger partial charge >= 0.3 is 0 Å². The van der Waals surface area contributed by atoms with Crippen LogP contribution in [0.2, 0.25) is 0 Å². The molecule has 1 heterocycles. The molecule has 1 rings (SSSR count). The maximum Gasteiger partial charge on any atom is 0.164 e. The second kappa shape index (κ2) is 5.79. The number of nitrogens with zero attached hydrogens (tertiary/aromatic N) is 3. The highest BCUT2D eigenvalue weighted by Gasteiger charge is 2.10. The highest BCUT2D eigenvalue weighted by molar-refractivity contribution is 7.90. The lowest BCUT2D eigenvalue weighted by atomic mass is 10.1. The summed E-state index contributed by atoms with van der Waals surface area (Å²) >= 11 is 0. The fourth-order valence-electron chi connectivity index (χ4n) is 1.35. The van der Waals surface area contributed by atoms with Gasteiger partial charge in [0, 0.05) is 18.3 Å². The van der Waals surface area contributed by atoms with Crippen LogP contribution in [0.15, 0.2) is 6.33 Å². The van der Waals surface area contributed by atoms with E-state index in [4.69, 9.17) is 0 Å². The van der Waals surface area contributed by atoms with Crippen LogP contribution in [0.1, 0.15) is 33.0 Å². The van der Waals surface area contributed by atoms with Crippen molar-refractivity contribution in [2.75, 3.05) is 12.0 Å². The van der Waals surface area contributed by atoms with Crippen LogP contribution in [0.5, 0.6) is 0 Å². The Morgan fingerprint density at radius 2 is 2.06 bits per heavy atom. The Kier molecular flexibility index (Phi) is 4.86. The number of nitrogens with one attached hydrogen (secondary N) is 1. The van der Waals surface area contributed by atoms with E-state index < -0.39 is 9.84 Å². The van der Waals surface area contributed by atoms with E-state index in [0.29, 0.717) is 19.5 Å². The van der Waals surface area contributed by atoms with Gasteiger partial charge in [0.05, 0.1) is 12.3 Å². The first-order valence-electron chi connectivity index (χ1n) is 5.97. The number of hydrogen-bond acceptors (Lipinski definition) is 5. The Labute approximate surface area is 109 Å². The largest absolute Gasteiger partial charge is 0.305 e. The van der Waals surface area contributed by atoms with Crippen molar-refractivity contribution in [3.8, 4) is 0 Å². The molecule has 0 aliphatic carbocycles. The van der Waals surface area contributed by atoms with Gasteiger partial charge in [-0.15, -0.1) is 0 Å². The molecule has 0 spiro atoms. The van der Waals surface area contributed by atoms with Crippen molar-refractivity contribution < 1.29 is 8.42 Å². The molecule has 0 bridgehead atoms. The van der Waals surface area contributed by atoms with Crippen LogP contribution in [-0.4, -0.2) is 40.7 Å². The third kappa shape index (κ3) is 6.70. The first kappa shape index (κ1) is 15.1. The van der Waals surface area contributed by atoms with E-state index in [1.165, 1.54) is 6.26 Å². The van der Waals surface area contributed by atoms with E-state index >= 15 is 0 Å². The van der Waals surface area contributed by atoms with Crippen molar-refractivity contribution in [1.29, 1.82) is 0 Å². The molecule has 0 atom stereocenters. The SMILES string of the molecule is CC(C)(C)NCc1ncn(CCCS(C)(=O)=O)n1. The third-order valence-corrected chi connectivity index (χ3v) is 3.29. The average molecular weight is 274 g/mol. The number of hydrogen-bond donors (Lipinski definition) is 1. The van der Waals surface area contributed by atoms with Gasteiger partial charge in [0.25, 0.3) is 0 Å². The first-order valence-corrected chi connectivity index (χ1v) is 8.03. The zero-order valence-corrected chi connectivity index (χ0v) is 12.3. The Hall–Kier alpha value is -0.950. The van der Waals surface area contributed by atoms with Crippen molar-refractivity contribution in [2.24, 2.45) is 0 Å². The third-order valence-electron chi connectivity index (χ3n) is 2.26. The average Bonchev–Trinajstić information content (AvgIpc) is 2.60. The van der Waals surface area contributed by atoms with Crippen LogP contribution in [0.25, 0.3) is 0 Å². The van der Waals surface area contributed by atoms with Crippen molar-refractivity contribution in [3.63, 3.8) is 0 Å². The Bertz CT molecular complexity index is 473. The molecule has 0 aliphatic heterocycles. The minimum absolute atomic E-state index is 0.0295. The quantitative estimate of drug-likeness (QED) is 0.822. The van der Waals surface area contributed by atoms with E-state index in [1.807, 2.05) is 0 Å². The fourth-order valence-corrected chi connectivity index (χ4v) is 2.01. The standard InChI is InChI=1S/C11H22N4O2S/c1-11(2,3)13-8-10-12-9-15(14-10)6-5-7-18(4,16)17/h9,13H,5-8H2,1-4H3. The van der Waals surface area contributed by atoms with Crippen molar-refractivity contribution in [1.82, 2.24) is 20.1 Å². The summed E-state index contributed by atoms with van der Waals surface area (Å²) in [5.41, 5.74) is 0.0295. The molecule has 0 saturated heterocycles. The van der Waals surface area contributed by atoms with Crippen molar-refractivity contribution >= 4 is 9.84 Å². The normalized spacial score (nSPS) is 12.9. The molecule has 7 heteroatoms. The van der Waals surface area contributed by atoms with Crippen LogP contribution in [0.3, 0.4) is 0 Å². The molecule has 104 valence electrons. The second-order valence-corrected chi connectivity index (χ2v) is 7.77. The zero-order valence-electron chi connectivity index (χ0n) is 11.5. The van der Waals surface area contributed by atoms with E-state index in [2.05, 4.69) is 36.2 Å². The number of sulfone groups is 1. The van der Waals surface area contributed by atoms with Gasteiger partial charge in [-0.05, 0) is 27.2 Å². The highest BCUT2D eigenvalue weighted by Crippen LogP contribution is 2.01. The molecule has 0 amide bonds. The van der Waals surface area contributed by atoms with E-state index in [9.17, 15) is 8.42 Å². The van der Waals surface area contributed by atoms with Crippen LogP contribution in [0, 0.1) is 0 Å².